The largest absolute Gasteiger partial charge is 0.383 e. The van der Waals surface area contributed by atoms with Gasteiger partial charge in [0, 0.05) is 41.9 Å². The van der Waals surface area contributed by atoms with E-state index in [9.17, 15) is 4.79 Å². The van der Waals surface area contributed by atoms with E-state index in [0.29, 0.717) is 18.4 Å². The van der Waals surface area contributed by atoms with Gasteiger partial charge in [-0.1, -0.05) is 12.2 Å². The SMILES string of the molecule is COCCn1c(C)cc2cc(NC(=O)[C@@H]3C[C@@H]4C=C[C@H]3C4)ccc21. The van der Waals surface area contributed by atoms with Crippen LogP contribution in [0, 0.1) is 24.7 Å². The summed E-state index contributed by atoms with van der Waals surface area (Å²) in [5.41, 5.74) is 3.29. The summed E-state index contributed by atoms with van der Waals surface area (Å²) in [7, 11) is 1.72. The minimum Gasteiger partial charge on any atom is -0.383 e. The lowest BCUT2D eigenvalue weighted by Crippen LogP contribution is -2.25. The number of methoxy groups -OCH3 is 1. The first-order valence-corrected chi connectivity index (χ1v) is 8.73. The highest BCUT2D eigenvalue weighted by Gasteiger charge is 2.39. The number of amides is 1. The van der Waals surface area contributed by atoms with Crippen LogP contribution in [0.1, 0.15) is 18.5 Å². The van der Waals surface area contributed by atoms with Crippen molar-refractivity contribution in [1.82, 2.24) is 4.57 Å². The lowest BCUT2D eigenvalue weighted by molar-refractivity contribution is -0.120. The molecule has 0 unspecified atom stereocenters. The summed E-state index contributed by atoms with van der Waals surface area (Å²) >= 11 is 0. The Kier molecular flexibility index (Phi) is 3.93. The molecular weight excluding hydrogens is 300 g/mol. The lowest BCUT2D eigenvalue weighted by Gasteiger charge is -2.17. The Morgan fingerprint density at radius 3 is 2.88 bits per heavy atom. The summed E-state index contributed by atoms with van der Waals surface area (Å²) in [6.07, 6.45) is 6.65. The standard InChI is InChI=1S/C20H24N2O2/c1-13-9-16-12-17(5-6-19(16)22(13)7-8-24-2)21-20(23)18-11-14-3-4-15(18)10-14/h3-6,9,12,14-15,18H,7-8,10-11H2,1-2H3,(H,21,23)/t14-,15+,18-/m1/s1. The van der Waals surface area contributed by atoms with Crippen LogP contribution in [0.2, 0.25) is 0 Å². The second kappa shape index (κ2) is 6.10. The summed E-state index contributed by atoms with van der Waals surface area (Å²) in [5, 5.41) is 4.29. The van der Waals surface area contributed by atoms with Gasteiger partial charge in [-0.3, -0.25) is 4.79 Å². The molecule has 1 aromatic carbocycles. The molecule has 0 saturated heterocycles. The van der Waals surface area contributed by atoms with E-state index in [4.69, 9.17) is 4.74 Å². The van der Waals surface area contributed by atoms with Gasteiger partial charge in [0.15, 0.2) is 0 Å². The number of nitrogens with zero attached hydrogens (tertiary/aromatic N) is 1. The van der Waals surface area contributed by atoms with Crippen molar-refractivity contribution in [3.8, 4) is 0 Å². The van der Waals surface area contributed by atoms with E-state index in [2.05, 4.69) is 47.2 Å². The Morgan fingerprint density at radius 2 is 2.17 bits per heavy atom. The maximum Gasteiger partial charge on any atom is 0.228 e. The molecule has 1 saturated carbocycles. The third-order valence-corrected chi connectivity index (χ3v) is 5.51. The van der Waals surface area contributed by atoms with E-state index in [1.54, 1.807) is 7.11 Å². The number of carbonyl (C=O) groups is 1. The van der Waals surface area contributed by atoms with Crippen LogP contribution in [-0.2, 0) is 16.1 Å². The van der Waals surface area contributed by atoms with Gasteiger partial charge in [-0.2, -0.15) is 0 Å². The molecule has 1 N–H and O–H groups in total. The first kappa shape index (κ1) is 15.5. The molecule has 24 heavy (non-hydrogen) atoms. The zero-order valence-corrected chi connectivity index (χ0v) is 14.3. The number of hydrogen-bond acceptors (Lipinski definition) is 2. The van der Waals surface area contributed by atoms with Crippen molar-refractivity contribution < 1.29 is 9.53 Å². The lowest BCUT2D eigenvalue weighted by atomic mass is 9.93. The van der Waals surface area contributed by atoms with Gasteiger partial charge >= 0.3 is 0 Å². The predicted octanol–water partition coefficient (Wildman–Crippen LogP) is 3.75. The quantitative estimate of drug-likeness (QED) is 0.851. The molecule has 0 radical (unpaired) electrons. The Balaban J connectivity index is 1.53. The first-order chi connectivity index (χ1) is 11.7. The molecule has 1 amide bonds. The summed E-state index contributed by atoms with van der Waals surface area (Å²) in [4.78, 5) is 12.6. The molecule has 4 heteroatoms. The summed E-state index contributed by atoms with van der Waals surface area (Å²) in [5.74, 6) is 1.37. The Labute approximate surface area is 142 Å². The van der Waals surface area contributed by atoms with E-state index in [1.165, 1.54) is 11.2 Å². The fourth-order valence-electron chi connectivity index (χ4n) is 4.28. The number of hydrogen-bond donors (Lipinski definition) is 1. The molecule has 1 fully saturated rings. The molecule has 3 atom stereocenters. The van der Waals surface area contributed by atoms with Gasteiger partial charge < -0.3 is 14.6 Å². The smallest absolute Gasteiger partial charge is 0.228 e. The van der Waals surface area contributed by atoms with Crippen molar-refractivity contribution in [2.75, 3.05) is 19.0 Å². The highest BCUT2D eigenvalue weighted by molar-refractivity contribution is 5.96. The van der Waals surface area contributed by atoms with Gasteiger partial charge in [0.2, 0.25) is 5.91 Å². The zero-order chi connectivity index (χ0) is 16.7. The van der Waals surface area contributed by atoms with Gasteiger partial charge in [-0.05, 0) is 55.9 Å². The molecule has 126 valence electrons. The predicted molar refractivity (Wildman–Crippen MR) is 96.0 cm³/mol. The summed E-state index contributed by atoms with van der Waals surface area (Å²) < 4.78 is 7.45. The van der Waals surface area contributed by atoms with Crippen LogP contribution in [0.15, 0.2) is 36.4 Å². The highest BCUT2D eigenvalue weighted by Crippen LogP contribution is 2.43. The van der Waals surface area contributed by atoms with Crippen molar-refractivity contribution in [1.29, 1.82) is 0 Å². The van der Waals surface area contributed by atoms with E-state index in [-0.39, 0.29) is 11.8 Å². The minimum atomic E-state index is 0.142. The Morgan fingerprint density at radius 1 is 1.29 bits per heavy atom. The van der Waals surface area contributed by atoms with E-state index in [1.807, 2.05) is 6.07 Å². The molecule has 1 heterocycles. The number of allylic oxidation sites excluding steroid dienone is 2. The molecule has 2 aliphatic carbocycles. The molecule has 2 bridgehead atoms. The number of aromatic nitrogens is 1. The molecule has 2 aliphatic rings. The number of carbonyl (C=O) groups excluding carboxylic acids is 1. The molecular formula is C20H24N2O2. The average Bonchev–Trinajstić information content (AvgIpc) is 3.26. The molecule has 0 spiro atoms. The maximum atomic E-state index is 12.6. The second-order valence-corrected chi connectivity index (χ2v) is 7.08. The molecule has 0 aliphatic heterocycles. The first-order valence-electron chi connectivity index (χ1n) is 8.73. The summed E-state index contributed by atoms with van der Waals surface area (Å²) in [6, 6.07) is 8.34. The third kappa shape index (κ3) is 2.65. The van der Waals surface area contributed by atoms with Crippen molar-refractivity contribution in [2.24, 2.45) is 17.8 Å². The van der Waals surface area contributed by atoms with Crippen LogP contribution in [0.4, 0.5) is 5.69 Å². The fourth-order valence-corrected chi connectivity index (χ4v) is 4.28. The molecule has 2 aromatic rings. The van der Waals surface area contributed by atoms with E-state index >= 15 is 0 Å². The molecule has 4 rings (SSSR count). The van der Waals surface area contributed by atoms with Gasteiger partial charge in [0.1, 0.15) is 0 Å². The topological polar surface area (TPSA) is 43.3 Å². The van der Waals surface area contributed by atoms with Gasteiger partial charge in [-0.25, -0.2) is 0 Å². The number of benzene rings is 1. The van der Waals surface area contributed by atoms with Crippen LogP contribution in [0.3, 0.4) is 0 Å². The maximum absolute atomic E-state index is 12.6. The third-order valence-electron chi connectivity index (χ3n) is 5.51. The number of nitrogens with one attached hydrogen (secondary N) is 1. The fraction of sp³-hybridized carbons (Fsp3) is 0.450. The number of fused-ring (bicyclic) bond motifs is 3. The monoisotopic (exact) mass is 324 g/mol. The number of aryl methyl sites for hydroxylation is 1. The Hall–Kier alpha value is -2.07. The average molecular weight is 324 g/mol. The van der Waals surface area contributed by atoms with Crippen molar-refractivity contribution in [2.45, 2.75) is 26.3 Å². The van der Waals surface area contributed by atoms with Crippen LogP contribution >= 0.6 is 0 Å². The summed E-state index contributed by atoms with van der Waals surface area (Å²) in [6.45, 7) is 3.64. The van der Waals surface area contributed by atoms with Gasteiger partial charge in [-0.15, -0.1) is 0 Å². The molecule has 4 nitrogen and oxygen atoms in total. The van der Waals surface area contributed by atoms with Crippen LogP contribution in [0.5, 0.6) is 0 Å². The van der Waals surface area contributed by atoms with Gasteiger partial charge in [0.25, 0.3) is 0 Å². The van der Waals surface area contributed by atoms with Crippen LogP contribution in [-0.4, -0.2) is 24.2 Å². The number of rotatable bonds is 5. The van der Waals surface area contributed by atoms with Crippen molar-refractivity contribution in [3.63, 3.8) is 0 Å². The van der Waals surface area contributed by atoms with E-state index < -0.39 is 0 Å². The number of anilines is 1. The highest BCUT2D eigenvalue weighted by atomic mass is 16.5. The van der Waals surface area contributed by atoms with Crippen LogP contribution in [0.25, 0.3) is 10.9 Å². The Bertz CT molecular complexity index is 805. The zero-order valence-electron chi connectivity index (χ0n) is 14.3. The van der Waals surface area contributed by atoms with Crippen LogP contribution < -0.4 is 5.32 Å². The normalized spacial score (nSPS) is 24.8. The van der Waals surface area contributed by atoms with Crippen molar-refractivity contribution in [3.05, 3.63) is 42.1 Å². The number of ether oxygens (including phenoxy) is 1. The van der Waals surface area contributed by atoms with Gasteiger partial charge in [0.05, 0.1) is 6.61 Å². The van der Waals surface area contributed by atoms with E-state index in [0.717, 1.165) is 30.5 Å². The molecule has 1 aromatic heterocycles. The second-order valence-electron chi connectivity index (χ2n) is 7.08. The minimum absolute atomic E-state index is 0.142. The van der Waals surface area contributed by atoms with Crippen molar-refractivity contribution >= 4 is 22.5 Å².